The number of benzene rings is 2. The average Bonchev–Trinajstić information content (AvgIpc) is 2.68. The standard InChI is InChI=1S/C12H16O2.C9H9BrO2.C3H7.BrH.Mg/c1-8(2)11-7-9(3)5-6-10(11)12(13)14-4;1-6-3-4-7(8(10)5-6)9(11)12-2;1-3-2;;/h5-8H,1-4H3;3-5H,1-2H3;3H,1-2H3;1H;/q;;-1;;+2/p-1. The van der Waals surface area contributed by atoms with Crippen LogP contribution in [0.2, 0.25) is 0 Å². The molecular weight excluding hydrogens is 536 g/mol. The Bertz CT molecular complexity index is 808. The van der Waals surface area contributed by atoms with Gasteiger partial charge in [0, 0.05) is 4.47 Å². The van der Waals surface area contributed by atoms with Crippen LogP contribution in [-0.2, 0) is 9.47 Å². The largest absolute Gasteiger partial charge is 2.00 e. The quantitative estimate of drug-likeness (QED) is 0.324. The minimum absolute atomic E-state index is 0. The van der Waals surface area contributed by atoms with Gasteiger partial charge in [-0.2, -0.15) is 13.8 Å². The number of aryl methyl sites for hydroxylation is 2. The maximum absolute atomic E-state index is 11.4. The van der Waals surface area contributed by atoms with E-state index in [4.69, 9.17) is 4.74 Å². The predicted molar refractivity (Wildman–Crippen MR) is 128 cm³/mol. The third-order valence-electron chi connectivity index (χ3n) is 3.76. The van der Waals surface area contributed by atoms with Gasteiger partial charge in [0.05, 0.1) is 25.3 Å². The third kappa shape index (κ3) is 12.7. The molecule has 0 radical (unpaired) electrons. The van der Waals surface area contributed by atoms with E-state index >= 15 is 0 Å². The fraction of sp³-hybridized carbons (Fsp3) is 0.375. The van der Waals surface area contributed by atoms with Crippen LogP contribution < -0.4 is 17.0 Å². The van der Waals surface area contributed by atoms with Gasteiger partial charge in [0.2, 0.25) is 0 Å². The summed E-state index contributed by atoms with van der Waals surface area (Å²) in [6.45, 7) is 12.1. The zero-order valence-corrected chi connectivity index (χ0v) is 24.3. The first-order valence-corrected chi connectivity index (χ1v) is 10.2. The van der Waals surface area contributed by atoms with Crippen LogP contribution in [0.3, 0.4) is 0 Å². The van der Waals surface area contributed by atoms with Crippen LogP contribution >= 0.6 is 15.9 Å². The summed E-state index contributed by atoms with van der Waals surface area (Å²) in [6, 6.07) is 11.3. The molecule has 168 valence electrons. The van der Waals surface area contributed by atoms with Crippen molar-refractivity contribution in [3.63, 3.8) is 0 Å². The Hall–Kier alpha value is -0.894. The van der Waals surface area contributed by atoms with E-state index in [1.54, 1.807) is 6.07 Å². The second-order valence-corrected chi connectivity index (χ2v) is 7.64. The van der Waals surface area contributed by atoms with Crippen LogP contribution in [0, 0.1) is 20.3 Å². The SMILES string of the molecule is COC(=O)c1ccc(C)cc1Br.COC(=O)c1ccc(C)cc1C(C)C.C[CH-]C.[Br-].[Mg+2]. The molecule has 0 bridgehead atoms. The van der Waals surface area contributed by atoms with Gasteiger partial charge < -0.3 is 32.9 Å². The number of rotatable bonds is 3. The summed E-state index contributed by atoms with van der Waals surface area (Å²) in [7, 11) is 2.78. The van der Waals surface area contributed by atoms with Crippen molar-refractivity contribution < 1.29 is 36.0 Å². The molecule has 0 aliphatic carbocycles. The topological polar surface area (TPSA) is 52.6 Å². The molecule has 0 aliphatic rings. The average molecular weight is 569 g/mol. The van der Waals surface area contributed by atoms with E-state index in [0.717, 1.165) is 15.6 Å². The molecule has 0 saturated heterocycles. The Kier molecular flexibility index (Phi) is 20.9. The van der Waals surface area contributed by atoms with Gasteiger partial charge in [0.25, 0.3) is 0 Å². The molecule has 7 heteroatoms. The Labute approximate surface area is 222 Å². The van der Waals surface area contributed by atoms with E-state index in [2.05, 4.69) is 34.5 Å². The van der Waals surface area contributed by atoms with Crippen molar-refractivity contribution in [1.29, 1.82) is 0 Å². The van der Waals surface area contributed by atoms with Crippen molar-refractivity contribution in [3.05, 3.63) is 75.1 Å². The third-order valence-corrected chi connectivity index (χ3v) is 4.42. The number of carbonyl (C=O) groups is 2. The number of esters is 2. The summed E-state index contributed by atoms with van der Waals surface area (Å²) in [5.41, 5.74) is 4.56. The van der Waals surface area contributed by atoms with Crippen LogP contribution in [0.5, 0.6) is 0 Å². The molecule has 0 aromatic heterocycles. The number of halogens is 2. The fourth-order valence-corrected chi connectivity index (χ4v) is 3.01. The van der Waals surface area contributed by atoms with E-state index in [-0.39, 0.29) is 52.0 Å². The molecule has 0 unspecified atom stereocenters. The smallest absolute Gasteiger partial charge is 1.00 e. The molecular formula is C24H32Br2MgO4. The molecule has 0 fully saturated rings. The molecule has 2 aromatic rings. The molecule has 0 saturated carbocycles. The van der Waals surface area contributed by atoms with Crippen molar-refractivity contribution in [2.75, 3.05) is 14.2 Å². The first-order chi connectivity index (χ1) is 13.6. The summed E-state index contributed by atoms with van der Waals surface area (Å²) in [5.74, 6) is -0.237. The molecule has 2 aromatic carbocycles. The van der Waals surface area contributed by atoms with Crippen molar-refractivity contribution in [2.45, 2.75) is 47.5 Å². The summed E-state index contributed by atoms with van der Waals surface area (Å²) in [6.07, 6.45) is 2.00. The number of hydrogen-bond donors (Lipinski definition) is 0. The van der Waals surface area contributed by atoms with Crippen LogP contribution in [0.1, 0.15) is 71.0 Å². The number of methoxy groups -OCH3 is 2. The Balaban J connectivity index is -0.000000427. The molecule has 2 rings (SSSR count). The summed E-state index contributed by atoms with van der Waals surface area (Å²) < 4.78 is 10.1. The minimum atomic E-state index is -0.318. The van der Waals surface area contributed by atoms with Gasteiger partial charge in [0.1, 0.15) is 0 Å². The Morgan fingerprint density at radius 3 is 1.65 bits per heavy atom. The first kappa shape index (κ1) is 34.7. The molecule has 0 aliphatic heterocycles. The second kappa shape index (κ2) is 18.7. The summed E-state index contributed by atoms with van der Waals surface area (Å²) >= 11 is 3.29. The van der Waals surface area contributed by atoms with Crippen molar-refractivity contribution in [1.82, 2.24) is 0 Å². The second-order valence-electron chi connectivity index (χ2n) is 6.79. The van der Waals surface area contributed by atoms with Crippen molar-refractivity contribution >= 4 is 50.9 Å². The van der Waals surface area contributed by atoms with Crippen molar-refractivity contribution in [3.8, 4) is 0 Å². The monoisotopic (exact) mass is 566 g/mol. The maximum atomic E-state index is 11.4. The maximum Gasteiger partial charge on any atom is 2.00 e. The molecule has 0 N–H and O–H groups in total. The van der Waals surface area contributed by atoms with Gasteiger partial charge in [-0.25, -0.2) is 9.59 Å². The molecule has 0 amide bonds. The summed E-state index contributed by atoms with van der Waals surface area (Å²) in [4.78, 5) is 22.5. The number of ether oxygens (including phenoxy) is 2. The van der Waals surface area contributed by atoms with Gasteiger partial charge in [-0.1, -0.05) is 37.6 Å². The molecule has 0 heterocycles. The molecule has 4 nitrogen and oxygen atoms in total. The Morgan fingerprint density at radius 1 is 0.871 bits per heavy atom. The van der Waals surface area contributed by atoms with Gasteiger partial charge in [-0.3, -0.25) is 0 Å². The van der Waals surface area contributed by atoms with Gasteiger partial charge >= 0.3 is 35.0 Å². The van der Waals surface area contributed by atoms with E-state index < -0.39 is 0 Å². The van der Waals surface area contributed by atoms with Crippen LogP contribution in [0.25, 0.3) is 0 Å². The van der Waals surface area contributed by atoms with E-state index in [1.165, 1.54) is 19.8 Å². The number of carbonyl (C=O) groups excluding carboxylic acids is 2. The van der Waals surface area contributed by atoms with E-state index in [0.29, 0.717) is 17.0 Å². The zero-order valence-electron chi connectivity index (χ0n) is 19.7. The van der Waals surface area contributed by atoms with Crippen LogP contribution in [-0.4, -0.2) is 49.2 Å². The molecule has 0 atom stereocenters. The minimum Gasteiger partial charge on any atom is -1.00 e. The first-order valence-electron chi connectivity index (χ1n) is 9.40. The Morgan fingerprint density at radius 2 is 1.26 bits per heavy atom. The van der Waals surface area contributed by atoms with E-state index in [1.807, 2.05) is 64.4 Å². The van der Waals surface area contributed by atoms with Gasteiger partial charge in [-0.15, -0.1) is 0 Å². The van der Waals surface area contributed by atoms with Crippen molar-refractivity contribution in [2.24, 2.45) is 0 Å². The fourth-order valence-electron chi connectivity index (χ4n) is 2.35. The molecule has 0 spiro atoms. The van der Waals surface area contributed by atoms with Crippen LogP contribution in [0.15, 0.2) is 40.9 Å². The molecule has 31 heavy (non-hydrogen) atoms. The predicted octanol–water partition coefficient (Wildman–Crippen LogP) is 3.30. The van der Waals surface area contributed by atoms with Gasteiger partial charge in [-0.05, 0) is 65.0 Å². The van der Waals surface area contributed by atoms with Crippen LogP contribution in [0.4, 0.5) is 0 Å². The number of hydrogen-bond acceptors (Lipinski definition) is 4. The summed E-state index contributed by atoms with van der Waals surface area (Å²) in [5, 5.41) is 0. The normalized spacial score (nSPS) is 8.97. The zero-order chi connectivity index (χ0) is 22.6. The van der Waals surface area contributed by atoms with Gasteiger partial charge in [0.15, 0.2) is 0 Å². The van der Waals surface area contributed by atoms with E-state index in [9.17, 15) is 9.59 Å².